The molecule has 1 saturated heterocycles. The molecule has 1 heterocycles. The van der Waals surface area contributed by atoms with Crippen LogP contribution in [0.2, 0.25) is 0 Å². The molecule has 1 aromatic carbocycles. The topological polar surface area (TPSA) is 41.1 Å². The fourth-order valence-electron chi connectivity index (χ4n) is 2.39. The summed E-state index contributed by atoms with van der Waals surface area (Å²) in [5.74, 6) is -0.118. The van der Waals surface area contributed by atoms with Gasteiger partial charge < -0.3 is 10.6 Å². The fourth-order valence-corrected chi connectivity index (χ4v) is 2.39. The van der Waals surface area contributed by atoms with E-state index in [2.05, 4.69) is 10.6 Å². The number of carbonyl (C=O) groups excluding carboxylic acids is 1. The summed E-state index contributed by atoms with van der Waals surface area (Å²) in [6.45, 7) is 1.69. The lowest BCUT2D eigenvalue weighted by Crippen LogP contribution is -2.28. The number of halogens is 2. The smallest absolute Gasteiger partial charge is 0.220 e. The highest BCUT2D eigenvalue weighted by atomic mass is 35.5. The lowest BCUT2D eigenvalue weighted by Gasteiger charge is -2.10. The molecule has 20 heavy (non-hydrogen) atoms. The van der Waals surface area contributed by atoms with Gasteiger partial charge in [0, 0.05) is 19.0 Å². The van der Waals surface area contributed by atoms with Crippen LogP contribution in [0.1, 0.15) is 31.2 Å². The van der Waals surface area contributed by atoms with Crippen LogP contribution in [0.3, 0.4) is 0 Å². The predicted octanol–water partition coefficient (Wildman–Crippen LogP) is 2.44. The van der Waals surface area contributed by atoms with Crippen molar-refractivity contribution in [2.45, 2.75) is 38.1 Å². The number of rotatable bonds is 6. The standard InChI is InChI=1S/C15H21FN2O.ClH/c16-13-5-3-12(4-6-13)9-11-18-15(19)8-7-14-2-1-10-17-14;/h3-6,14,17H,1-2,7-11H2,(H,18,19);1H. The van der Waals surface area contributed by atoms with Gasteiger partial charge in [0.2, 0.25) is 5.91 Å². The van der Waals surface area contributed by atoms with Gasteiger partial charge in [0.15, 0.2) is 0 Å². The molecule has 0 aliphatic carbocycles. The third-order valence-corrected chi connectivity index (χ3v) is 3.53. The van der Waals surface area contributed by atoms with Crippen molar-refractivity contribution >= 4 is 18.3 Å². The van der Waals surface area contributed by atoms with Crippen LogP contribution < -0.4 is 10.6 Å². The Labute approximate surface area is 125 Å². The van der Waals surface area contributed by atoms with Crippen LogP contribution in [0.15, 0.2) is 24.3 Å². The van der Waals surface area contributed by atoms with E-state index in [9.17, 15) is 9.18 Å². The van der Waals surface area contributed by atoms with Crippen molar-refractivity contribution < 1.29 is 9.18 Å². The summed E-state index contributed by atoms with van der Waals surface area (Å²) < 4.78 is 12.7. The molecule has 3 nitrogen and oxygen atoms in total. The first-order valence-electron chi connectivity index (χ1n) is 6.98. The first-order chi connectivity index (χ1) is 9.24. The highest BCUT2D eigenvalue weighted by Gasteiger charge is 2.14. The third kappa shape index (κ3) is 5.88. The molecule has 1 unspecified atom stereocenters. The first-order valence-corrected chi connectivity index (χ1v) is 6.98. The van der Waals surface area contributed by atoms with Gasteiger partial charge in [-0.25, -0.2) is 4.39 Å². The van der Waals surface area contributed by atoms with Crippen LogP contribution >= 0.6 is 12.4 Å². The van der Waals surface area contributed by atoms with E-state index in [0.29, 0.717) is 19.0 Å². The van der Waals surface area contributed by atoms with Crippen LogP contribution in [0.25, 0.3) is 0 Å². The zero-order chi connectivity index (χ0) is 13.5. The summed E-state index contributed by atoms with van der Waals surface area (Å²) in [5, 5.41) is 6.29. The molecular weight excluding hydrogens is 279 g/mol. The molecule has 1 aromatic rings. The van der Waals surface area contributed by atoms with Gasteiger partial charge in [0.05, 0.1) is 0 Å². The van der Waals surface area contributed by atoms with Crippen molar-refractivity contribution in [1.29, 1.82) is 0 Å². The lowest BCUT2D eigenvalue weighted by molar-refractivity contribution is -0.121. The number of amides is 1. The minimum atomic E-state index is -0.225. The molecule has 1 atom stereocenters. The second-order valence-electron chi connectivity index (χ2n) is 5.06. The zero-order valence-corrected chi connectivity index (χ0v) is 12.3. The maximum Gasteiger partial charge on any atom is 0.220 e. The molecule has 2 rings (SSSR count). The molecule has 1 aliphatic rings. The van der Waals surface area contributed by atoms with Crippen LogP contribution in [0.4, 0.5) is 4.39 Å². The Bertz CT molecular complexity index is 405. The lowest BCUT2D eigenvalue weighted by atomic mass is 10.1. The summed E-state index contributed by atoms with van der Waals surface area (Å²) in [6.07, 6.45) is 4.65. The van der Waals surface area contributed by atoms with Gasteiger partial charge in [-0.15, -0.1) is 12.4 Å². The van der Waals surface area contributed by atoms with Crippen molar-refractivity contribution in [3.05, 3.63) is 35.6 Å². The molecule has 5 heteroatoms. The van der Waals surface area contributed by atoms with E-state index in [0.717, 1.165) is 24.9 Å². The molecule has 0 radical (unpaired) electrons. The van der Waals surface area contributed by atoms with E-state index in [1.165, 1.54) is 25.0 Å². The molecule has 1 amide bonds. The van der Waals surface area contributed by atoms with Crippen LogP contribution in [-0.4, -0.2) is 25.0 Å². The van der Waals surface area contributed by atoms with Gasteiger partial charge >= 0.3 is 0 Å². The molecule has 112 valence electrons. The minimum absolute atomic E-state index is 0. The van der Waals surface area contributed by atoms with E-state index in [4.69, 9.17) is 0 Å². The van der Waals surface area contributed by atoms with E-state index in [1.54, 1.807) is 12.1 Å². The Balaban J connectivity index is 0.00000200. The average Bonchev–Trinajstić information content (AvgIpc) is 2.92. The molecule has 1 fully saturated rings. The van der Waals surface area contributed by atoms with Gasteiger partial charge in [0.25, 0.3) is 0 Å². The Morgan fingerprint density at radius 2 is 2.10 bits per heavy atom. The third-order valence-electron chi connectivity index (χ3n) is 3.53. The van der Waals surface area contributed by atoms with Crippen molar-refractivity contribution in [2.24, 2.45) is 0 Å². The number of hydrogen-bond donors (Lipinski definition) is 2. The van der Waals surface area contributed by atoms with Crippen molar-refractivity contribution in [3.63, 3.8) is 0 Å². The fraction of sp³-hybridized carbons (Fsp3) is 0.533. The summed E-state index contributed by atoms with van der Waals surface area (Å²) in [7, 11) is 0. The van der Waals surface area contributed by atoms with Crippen LogP contribution in [0, 0.1) is 5.82 Å². The highest BCUT2D eigenvalue weighted by Crippen LogP contribution is 2.10. The maximum absolute atomic E-state index is 12.7. The molecule has 0 bridgehead atoms. The largest absolute Gasteiger partial charge is 0.356 e. The Morgan fingerprint density at radius 1 is 1.35 bits per heavy atom. The first kappa shape index (κ1) is 16.9. The van der Waals surface area contributed by atoms with Gasteiger partial charge in [-0.05, 0) is 49.9 Å². The number of benzene rings is 1. The summed E-state index contributed by atoms with van der Waals surface area (Å²) in [5.41, 5.74) is 1.04. The Morgan fingerprint density at radius 3 is 2.75 bits per heavy atom. The van der Waals surface area contributed by atoms with Gasteiger partial charge in [-0.2, -0.15) is 0 Å². The van der Waals surface area contributed by atoms with Crippen molar-refractivity contribution in [1.82, 2.24) is 10.6 Å². The second-order valence-corrected chi connectivity index (χ2v) is 5.06. The molecule has 0 aromatic heterocycles. The number of carbonyl (C=O) groups is 1. The van der Waals surface area contributed by atoms with Crippen LogP contribution in [-0.2, 0) is 11.2 Å². The minimum Gasteiger partial charge on any atom is -0.356 e. The van der Waals surface area contributed by atoms with Crippen LogP contribution in [0.5, 0.6) is 0 Å². The maximum atomic E-state index is 12.7. The monoisotopic (exact) mass is 300 g/mol. The quantitative estimate of drug-likeness (QED) is 0.847. The predicted molar refractivity (Wildman–Crippen MR) is 80.6 cm³/mol. The van der Waals surface area contributed by atoms with Gasteiger partial charge in [0.1, 0.15) is 5.82 Å². The molecule has 0 saturated carbocycles. The normalized spacial score (nSPS) is 17.6. The number of nitrogens with one attached hydrogen (secondary N) is 2. The van der Waals surface area contributed by atoms with E-state index >= 15 is 0 Å². The van der Waals surface area contributed by atoms with Gasteiger partial charge in [-0.1, -0.05) is 12.1 Å². The molecule has 2 N–H and O–H groups in total. The molecule has 1 aliphatic heterocycles. The summed E-state index contributed by atoms with van der Waals surface area (Å²) in [4.78, 5) is 11.6. The summed E-state index contributed by atoms with van der Waals surface area (Å²) in [6, 6.07) is 6.92. The van der Waals surface area contributed by atoms with Gasteiger partial charge in [-0.3, -0.25) is 4.79 Å². The summed E-state index contributed by atoms with van der Waals surface area (Å²) >= 11 is 0. The SMILES string of the molecule is Cl.O=C(CCC1CCCN1)NCCc1ccc(F)cc1. The second kappa shape index (κ2) is 8.93. The Hall–Kier alpha value is -1.13. The van der Waals surface area contributed by atoms with Crippen molar-refractivity contribution in [2.75, 3.05) is 13.1 Å². The molecule has 0 spiro atoms. The Kier molecular flexibility index (Phi) is 7.55. The highest BCUT2D eigenvalue weighted by molar-refractivity contribution is 5.85. The van der Waals surface area contributed by atoms with Crippen molar-refractivity contribution in [3.8, 4) is 0 Å². The number of hydrogen-bond acceptors (Lipinski definition) is 2. The van der Waals surface area contributed by atoms with E-state index in [1.807, 2.05) is 0 Å². The average molecular weight is 301 g/mol. The molecular formula is C15H22ClFN2O. The van der Waals surface area contributed by atoms with E-state index in [-0.39, 0.29) is 24.1 Å². The van der Waals surface area contributed by atoms with E-state index < -0.39 is 0 Å². The zero-order valence-electron chi connectivity index (χ0n) is 11.5.